The summed E-state index contributed by atoms with van der Waals surface area (Å²) in [6.07, 6.45) is 6.27. The molecule has 0 atom stereocenters. The van der Waals surface area contributed by atoms with Gasteiger partial charge in [0.15, 0.2) is 0 Å². The Kier molecular flexibility index (Phi) is 9.01. The van der Waals surface area contributed by atoms with E-state index in [1.54, 1.807) is 0 Å². The van der Waals surface area contributed by atoms with Crippen molar-refractivity contribution < 1.29 is 19.1 Å². The number of rotatable bonds is 4. The Hall–Kier alpha value is -1.14. The second-order valence-electron chi connectivity index (χ2n) is 5.53. The molecule has 0 amide bonds. The van der Waals surface area contributed by atoms with Crippen LogP contribution in [0.15, 0.2) is 0 Å². The summed E-state index contributed by atoms with van der Waals surface area (Å²) in [6, 6.07) is 0. The SMILES string of the molecule is CC(=O)OCN1CCCC1.CC(=O)OCN1CCCCC1. The largest absolute Gasteiger partial charge is 0.450 e. The van der Waals surface area contributed by atoms with Gasteiger partial charge >= 0.3 is 11.9 Å². The van der Waals surface area contributed by atoms with Gasteiger partial charge in [0.1, 0.15) is 13.5 Å². The lowest BCUT2D eigenvalue weighted by atomic mass is 10.1. The molecule has 2 aliphatic rings. The van der Waals surface area contributed by atoms with Crippen LogP contribution in [-0.2, 0) is 19.1 Å². The van der Waals surface area contributed by atoms with Crippen LogP contribution in [0.2, 0.25) is 0 Å². The average molecular weight is 300 g/mol. The fourth-order valence-electron chi connectivity index (χ4n) is 2.36. The third kappa shape index (κ3) is 9.42. The molecular weight excluding hydrogens is 272 g/mol. The van der Waals surface area contributed by atoms with Gasteiger partial charge in [0, 0.05) is 40.0 Å². The summed E-state index contributed by atoms with van der Waals surface area (Å²) >= 11 is 0. The zero-order chi connectivity index (χ0) is 15.5. The highest BCUT2D eigenvalue weighted by Gasteiger charge is 2.11. The first-order valence-electron chi connectivity index (χ1n) is 7.79. The number of carbonyl (C=O) groups excluding carboxylic acids is 2. The molecule has 0 aromatic rings. The first-order valence-corrected chi connectivity index (χ1v) is 7.79. The zero-order valence-electron chi connectivity index (χ0n) is 13.3. The molecule has 0 aliphatic carbocycles. The predicted octanol–water partition coefficient (Wildman–Crippen LogP) is 1.60. The lowest BCUT2D eigenvalue weighted by molar-refractivity contribution is -0.146. The van der Waals surface area contributed by atoms with Crippen molar-refractivity contribution in [3.8, 4) is 0 Å². The van der Waals surface area contributed by atoms with Crippen molar-refractivity contribution >= 4 is 11.9 Å². The number of hydrogen-bond acceptors (Lipinski definition) is 6. The van der Waals surface area contributed by atoms with Crippen molar-refractivity contribution in [2.75, 3.05) is 39.6 Å². The maximum Gasteiger partial charge on any atom is 0.303 e. The number of esters is 2. The van der Waals surface area contributed by atoms with Crippen LogP contribution >= 0.6 is 0 Å². The van der Waals surface area contributed by atoms with Gasteiger partial charge in [-0.2, -0.15) is 0 Å². The van der Waals surface area contributed by atoms with Gasteiger partial charge in [-0.3, -0.25) is 19.4 Å². The average Bonchev–Trinajstić information content (AvgIpc) is 2.98. The summed E-state index contributed by atoms with van der Waals surface area (Å²) in [7, 11) is 0. The lowest BCUT2D eigenvalue weighted by Crippen LogP contribution is -2.32. The maximum atomic E-state index is 10.4. The zero-order valence-corrected chi connectivity index (χ0v) is 13.3. The minimum absolute atomic E-state index is 0.185. The van der Waals surface area contributed by atoms with Gasteiger partial charge in [0.2, 0.25) is 0 Å². The Morgan fingerprint density at radius 1 is 0.714 bits per heavy atom. The van der Waals surface area contributed by atoms with E-state index in [4.69, 9.17) is 9.47 Å². The van der Waals surface area contributed by atoms with E-state index in [0.717, 1.165) is 26.2 Å². The van der Waals surface area contributed by atoms with E-state index >= 15 is 0 Å². The molecule has 2 heterocycles. The lowest BCUT2D eigenvalue weighted by Gasteiger charge is -2.25. The highest BCUT2D eigenvalue weighted by atomic mass is 16.5. The molecule has 2 aliphatic heterocycles. The van der Waals surface area contributed by atoms with Gasteiger partial charge in [0.25, 0.3) is 0 Å². The van der Waals surface area contributed by atoms with E-state index in [9.17, 15) is 9.59 Å². The molecule has 0 bridgehead atoms. The highest BCUT2D eigenvalue weighted by molar-refractivity contribution is 5.66. The quantitative estimate of drug-likeness (QED) is 0.735. The van der Waals surface area contributed by atoms with Gasteiger partial charge in [-0.1, -0.05) is 6.42 Å². The van der Waals surface area contributed by atoms with Crippen LogP contribution in [0.4, 0.5) is 0 Å². The molecule has 0 unspecified atom stereocenters. The Bertz CT molecular complexity index is 311. The van der Waals surface area contributed by atoms with Crippen LogP contribution in [-0.4, -0.2) is 61.4 Å². The second kappa shape index (κ2) is 10.6. The van der Waals surface area contributed by atoms with E-state index in [-0.39, 0.29) is 11.9 Å². The van der Waals surface area contributed by atoms with Crippen molar-refractivity contribution in [3.05, 3.63) is 0 Å². The number of ether oxygens (including phenoxy) is 2. The minimum atomic E-state index is -0.188. The number of hydrogen-bond donors (Lipinski definition) is 0. The van der Waals surface area contributed by atoms with Crippen LogP contribution in [0, 0.1) is 0 Å². The molecule has 122 valence electrons. The molecule has 0 aromatic carbocycles. The minimum Gasteiger partial charge on any atom is -0.450 e. The van der Waals surface area contributed by atoms with E-state index < -0.39 is 0 Å². The maximum absolute atomic E-state index is 10.4. The molecule has 0 saturated carbocycles. The van der Waals surface area contributed by atoms with E-state index in [0.29, 0.717) is 13.5 Å². The number of nitrogens with zero attached hydrogens (tertiary/aromatic N) is 2. The molecule has 0 radical (unpaired) electrons. The Morgan fingerprint density at radius 2 is 1.05 bits per heavy atom. The molecule has 2 saturated heterocycles. The highest BCUT2D eigenvalue weighted by Crippen LogP contribution is 2.07. The van der Waals surface area contributed by atoms with Crippen molar-refractivity contribution in [3.63, 3.8) is 0 Å². The van der Waals surface area contributed by atoms with Crippen molar-refractivity contribution in [2.24, 2.45) is 0 Å². The van der Waals surface area contributed by atoms with Crippen LogP contribution in [0.1, 0.15) is 46.0 Å². The van der Waals surface area contributed by atoms with E-state index in [2.05, 4.69) is 9.80 Å². The molecule has 6 heteroatoms. The summed E-state index contributed by atoms with van der Waals surface area (Å²) < 4.78 is 9.68. The van der Waals surface area contributed by atoms with Gasteiger partial charge in [-0.05, 0) is 25.7 Å². The number of carbonyl (C=O) groups is 2. The smallest absolute Gasteiger partial charge is 0.303 e. The third-order valence-electron chi connectivity index (χ3n) is 3.55. The normalized spacial score (nSPS) is 19.5. The fourth-order valence-corrected chi connectivity index (χ4v) is 2.36. The first-order chi connectivity index (χ1) is 10.1. The third-order valence-corrected chi connectivity index (χ3v) is 3.55. The summed E-state index contributed by atoms with van der Waals surface area (Å²) in [4.78, 5) is 25.1. The van der Waals surface area contributed by atoms with Crippen LogP contribution in [0.25, 0.3) is 0 Å². The van der Waals surface area contributed by atoms with Crippen LogP contribution < -0.4 is 0 Å². The van der Waals surface area contributed by atoms with Gasteiger partial charge in [-0.25, -0.2) is 0 Å². The molecule has 0 spiro atoms. The monoisotopic (exact) mass is 300 g/mol. The second-order valence-corrected chi connectivity index (χ2v) is 5.53. The predicted molar refractivity (Wildman–Crippen MR) is 79.5 cm³/mol. The Balaban J connectivity index is 0.000000211. The molecule has 2 fully saturated rings. The van der Waals surface area contributed by atoms with Crippen molar-refractivity contribution in [2.45, 2.75) is 46.0 Å². The van der Waals surface area contributed by atoms with Gasteiger partial charge < -0.3 is 9.47 Å². The first kappa shape index (κ1) is 17.9. The fraction of sp³-hybridized carbons (Fsp3) is 0.867. The molecule has 0 N–H and O–H groups in total. The van der Waals surface area contributed by atoms with E-state index in [1.165, 1.54) is 46.0 Å². The van der Waals surface area contributed by atoms with Crippen LogP contribution in [0.5, 0.6) is 0 Å². The molecule has 0 aromatic heterocycles. The topological polar surface area (TPSA) is 59.1 Å². The summed E-state index contributed by atoms with van der Waals surface area (Å²) in [5.74, 6) is -0.373. The van der Waals surface area contributed by atoms with Gasteiger partial charge in [0.05, 0.1) is 0 Å². The van der Waals surface area contributed by atoms with E-state index in [1.807, 2.05) is 0 Å². The van der Waals surface area contributed by atoms with Crippen molar-refractivity contribution in [1.82, 2.24) is 9.80 Å². The molecule has 2 rings (SSSR count). The number of likely N-dealkylation sites (tertiary alicyclic amines) is 2. The molecular formula is C15H28N2O4. The molecule has 6 nitrogen and oxygen atoms in total. The Labute approximate surface area is 127 Å². The number of piperidine rings is 1. The van der Waals surface area contributed by atoms with Gasteiger partial charge in [-0.15, -0.1) is 0 Å². The Morgan fingerprint density at radius 3 is 1.38 bits per heavy atom. The summed E-state index contributed by atoms with van der Waals surface area (Å²) in [6.45, 7) is 8.16. The molecule has 21 heavy (non-hydrogen) atoms. The summed E-state index contributed by atoms with van der Waals surface area (Å²) in [5, 5.41) is 0. The summed E-state index contributed by atoms with van der Waals surface area (Å²) in [5.41, 5.74) is 0. The standard InChI is InChI=1S/C8H15NO2.C7H13NO2/c1-8(10)11-7-9-5-3-2-4-6-9;1-7(9)10-6-8-4-2-3-5-8/h2-7H2,1H3;2-6H2,1H3. The van der Waals surface area contributed by atoms with Crippen molar-refractivity contribution in [1.29, 1.82) is 0 Å². The van der Waals surface area contributed by atoms with Crippen LogP contribution in [0.3, 0.4) is 0 Å².